The summed E-state index contributed by atoms with van der Waals surface area (Å²) in [5.74, 6) is 0.448. The summed E-state index contributed by atoms with van der Waals surface area (Å²) in [5.41, 5.74) is 4.61. The average molecular weight is 208 g/mol. The first-order valence-electron chi connectivity index (χ1n) is 5.34. The first-order valence-corrected chi connectivity index (χ1v) is 5.34. The van der Waals surface area contributed by atoms with Gasteiger partial charge in [0.15, 0.2) is 0 Å². The molecule has 1 aromatic carbocycles. The van der Waals surface area contributed by atoms with E-state index in [1.54, 1.807) is 12.1 Å². The van der Waals surface area contributed by atoms with Crippen LogP contribution in [0.15, 0.2) is 24.3 Å². The van der Waals surface area contributed by atoms with Gasteiger partial charge < -0.3 is 0 Å². The fraction of sp³-hybridized carbons (Fsp3) is 0.500. The molecule has 1 fully saturated rings. The van der Waals surface area contributed by atoms with Crippen LogP contribution in [-0.4, -0.2) is 25.1 Å². The van der Waals surface area contributed by atoms with Crippen LogP contribution in [-0.2, 0) is 0 Å². The van der Waals surface area contributed by atoms with Crippen molar-refractivity contribution in [3.05, 3.63) is 35.6 Å². The Morgan fingerprint density at radius 1 is 1.20 bits per heavy atom. The third-order valence-electron chi connectivity index (χ3n) is 2.92. The summed E-state index contributed by atoms with van der Waals surface area (Å²) in [6.07, 6.45) is 2.29. The number of hydrazine groups is 1. The van der Waals surface area contributed by atoms with Crippen molar-refractivity contribution < 1.29 is 4.39 Å². The van der Waals surface area contributed by atoms with Crippen LogP contribution in [0, 0.1) is 5.82 Å². The van der Waals surface area contributed by atoms with E-state index >= 15 is 0 Å². The van der Waals surface area contributed by atoms with Crippen LogP contribution in [0.2, 0.25) is 0 Å². The SMILES string of the molecule is CN(C)NC1CC(c2ccc(F)cc2)C1. The second kappa shape index (κ2) is 4.29. The van der Waals surface area contributed by atoms with Crippen molar-refractivity contribution in [2.24, 2.45) is 0 Å². The second-order valence-corrected chi connectivity index (χ2v) is 4.44. The monoisotopic (exact) mass is 208 g/mol. The van der Waals surface area contributed by atoms with Crippen molar-refractivity contribution in [1.82, 2.24) is 10.4 Å². The molecule has 2 rings (SSSR count). The van der Waals surface area contributed by atoms with Gasteiger partial charge >= 0.3 is 0 Å². The molecule has 3 heteroatoms. The third kappa shape index (κ3) is 2.55. The van der Waals surface area contributed by atoms with Crippen LogP contribution < -0.4 is 5.43 Å². The smallest absolute Gasteiger partial charge is 0.123 e. The summed E-state index contributed by atoms with van der Waals surface area (Å²) in [6.45, 7) is 0. The van der Waals surface area contributed by atoms with E-state index in [-0.39, 0.29) is 5.82 Å². The Kier molecular flexibility index (Phi) is 3.03. The standard InChI is InChI=1S/C12H17FN2/c1-15(2)14-12-7-10(8-12)9-3-5-11(13)6-4-9/h3-6,10,12,14H,7-8H2,1-2H3. The van der Waals surface area contributed by atoms with Gasteiger partial charge in [0, 0.05) is 20.1 Å². The first kappa shape index (κ1) is 10.6. The number of benzene rings is 1. The van der Waals surface area contributed by atoms with Crippen LogP contribution in [0.3, 0.4) is 0 Å². The Labute approximate surface area is 90.1 Å². The minimum absolute atomic E-state index is 0.152. The predicted octanol–water partition coefficient (Wildman–Crippen LogP) is 2.14. The molecule has 2 nitrogen and oxygen atoms in total. The summed E-state index contributed by atoms with van der Waals surface area (Å²) < 4.78 is 12.7. The zero-order chi connectivity index (χ0) is 10.8. The molecule has 0 aromatic heterocycles. The molecular formula is C12H17FN2. The first-order chi connectivity index (χ1) is 7.15. The highest BCUT2D eigenvalue weighted by atomic mass is 19.1. The highest BCUT2D eigenvalue weighted by Crippen LogP contribution is 2.36. The molecule has 0 radical (unpaired) electrons. The van der Waals surface area contributed by atoms with Gasteiger partial charge in [-0.2, -0.15) is 0 Å². The Balaban J connectivity index is 1.86. The summed E-state index contributed by atoms with van der Waals surface area (Å²) in [7, 11) is 4.01. The number of nitrogens with one attached hydrogen (secondary N) is 1. The maximum Gasteiger partial charge on any atom is 0.123 e. The normalized spacial score (nSPS) is 25.3. The molecule has 0 amide bonds. The fourth-order valence-electron chi connectivity index (χ4n) is 2.10. The van der Waals surface area contributed by atoms with Gasteiger partial charge in [-0.1, -0.05) is 12.1 Å². The summed E-state index contributed by atoms with van der Waals surface area (Å²) in [5, 5.41) is 1.99. The lowest BCUT2D eigenvalue weighted by Crippen LogP contribution is -2.46. The van der Waals surface area contributed by atoms with Crippen molar-refractivity contribution in [3.8, 4) is 0 Å². The lowest BCUT2D eigenvalue weighted by Gasteiger charge is -2.38. The van der Waals surface area contributed by atoms with Gasteiger partial charge in [0.25, 0.3) is 0 Å². The van der Waals surface area contributed by atoms with Crippen LogP contribution in [0.4, 0.5) is 4.39 Å². The Hall–Kier alpha value is -0.930. The van der Waals surface area contributed by atoms with Gasteiger partial charge in [0.1, 0.15) is 5.82 Å². The molecule has 0 saturated heterocycles. The Morgan fingerprint density at radius 2 is 1.80 bits per heavy atom. The summed E-state index contributed by atoms with van der Waals surface area (Å²) in [6, 6.07) is 7.46. The van der Waals surface area contributed by atoms with Crippen molar-refractivity contribution >= 4 is 0 Å². The van der Waals surface area contributed by atoms with E-state index in [9.17, 15) is 4.39 Å². The molecule has 0 unspecified atom stereocenters. The van der Waals surface area contributed by atoms with Crippen LogP contribution in [0.1, 0.15) is 24.3 Å². The maximum atomic E-state index is 12.7. The third-order valence-corrected chi connectivity index (χ3v) is 2.92. The van der Waals surface area contributed by atoms with Gasteiger partial charge in [-0.05, 0) is 36.5 Å². The molecule has 15 heavy (non-hydrogen) atoms. The van der Waals surface area contributed by atoms with Crippen LogP contribution in [0.5, 0.6) is 0 Å². The molecule has 1 aliphatic rings. The van der Waals surface area contributed by atoms with Crippen molar-refractivity contribution in [2.45, 2.75) is 24.8 Å². The molecule has 0 atom stereocenters. The summed E-state index contributed by atoms with van der Waals surface area (Å²) in [4.78, 5) is 0. The second-order valence-electron chi connectivity index (χ2n) is 4.44. The topological polar surface area (TPSA) is 15.3 Å². The van der Waals surface area contributed by atoms with Crippen molar-refractivity contribution in [3.63, 3.8) is 0 Å². The Bertz CT molecular complexity index is 315. The van der Waals surface area contributed by atoms with Gasteiger partial charge in [0.05, 0.1) is 0 Å². The zero-order valence-electron chi connectivity index (χ0n) is 9.20. The number of halogens is 1. The molecule has 0 spiro atoms. The number of rotatable bonds is 3. The van der Waals surface area contributed by atoms with E-state index in [4.69, 9.17) is 0 Å². The highest BCUT2D eigenvalue weighted by Gasteiger charge is 2.30. The summed E-state index contributed by atoms with van der Waals surface area (Å²) >= 11 is 0. The maximum absolute atomic E-state index is 12.7. The van der Waals surface area contributed by atoms with E-state index in [0.29, 0.717) is 12.0 Å². The fourth-order valence-corrected chi connectivity index (χ4v) is 2.10. The molecule has 1 saturated carbocycles. The number of hydrogen-bond donors (Lipinski definition) is 1. The predicted molar refractivity (Wildman–Crippen MR) is 59.0 cm³/mol. The Morgan fingerprint density at radius 3 is 2.33 bits per heavy atom. The average Bonchev–Trinajstić information content (AvgIpc) is 2.12. The van der Waals surface area contributed by atoms with E-state index in [2.05, 4.69) is 5.43 Å². The lowest BCUT2D eigenvalue weighted by atomic mass is 9.76. The molecule has 0 aliphatic heterocycles. The zero-order valence-corrected chi connectivity index (χ0v) is 9.20. The van der Waals surface area contributed by atoms with Crippen LogP contribution in [0.25, 0.3) is 0 Å². The van der Waals surface area contributed by atoms with Crippen molar-refractivity contribution in [1.29, 1.82) is 0 Å². The van der Waals surface area contributed by atoms with E-state index in [1.807, 2.05) is 31.2 Å². The molecule has 1 aliphatic carbocycles. The van der Waals surface area contributed by atoms with Crippen LogP contribution >= 0.6 is 0 Å². The van der Waals surface area contributed by atoms with E-state index in [1.165, 1.54) is 5.56 Å². The molecule has 82 valence electrons. The molecular weight excluding hydrogens is 191 g/mol. The molecule has 1 aromatic rings. The van der Waals surface area contributed by atoms with Gasteiger partial charge in [-0.25, -0.2) is 4.39 Å². The minimum atomic E-state index is -0.152. The van der Waals surface area contributed by atoms with Gasteiger partial charge in [0.2, 0.25) is 0 Å². The molecule has 0 bridgehead atoms. The molecule has 0 heterocycles. The quantitative estimate of drug-likeness (QED) is 0.766. The minimum Gasteiger partial charge on any atom is -0.253 e. The van der Waals surface area contributed by atoms with E-state index in [0.717, 1.165) is 12.8 Å². The number of nitrogens with zero attached hydrogens (tertiary/aromatic N) is 1. The van der Waals surface area contributed by atoms with Gasteiger partial charge in [-0.3, -0.25) is 10.4 Å². The van der Waals surface area contributed by atoms with Gasteiger partial charge in [-0.15, -0.1) is 0 Å². The van der Waals surface area contributed by atoms with E-state index < -0.39 is 0 Å². The van der Waals surface area contributed by atoms with Crippen molar-refractivity contribution in [2.75, 3.05) is 14.1 Å². The molecule has 1 N–H and O–H groups in total. The lowest BCUT2D eigenvalue weighted by molar-refractivity contribution is 0.165. The highest BCUT2D eigenvalue weighted by molar-refractivity contribution is 5.23. The number of hydrogen-bond acceptors (Lipinski definition) is 2. The largest absolute Gasteiger partial charge is 0.253 e.